The number of anilines is 1. The zero-order chi connectivity index (χ0) is 29.3. The normalized spacial score (nSPS) is 19.6. The van der Waals surface area contributed by atoms with E-state index in [1.807, 2.05) is 0 Å². The van der Waals surface area contributed by atoms with Crippen LogP contribution in [0.4, 0.5) is 6.01 Å². The first-order valence-corrected chi connectivity index (χ1v) is 12.6. The zero-order valence-corrected chi connectivity index (χ0v) is 22.9. The molecular weight excluding hydrogens is 538 g/mol. The maximum absolute atomic E-state index is 13.2. The highest BCUT2D eigenvalue weighted by Crippen LogP contribution is 2.40. The van der Waals surface area contributed by atoms with Crippen LogP contribution in [0.1, 0.15) is 47.2 Å². The summed E-state index contributed by atoms with van der Waals surface area (Å²) in [5, 5.41) is 15.2. The number of nitrogens with two attached hydrogens (primary N) is 1. The molecule has 1 aromatic heterocycles. The molecule has 0 aromatic carbocycles. The van der Waals surface area contributed by atoms with Gasteiger partial charge >= 0.3 is 17.9 Å². The molecule has 1 saturated heterocycles. The average molecular weight is 568 g/mol. The number of fused-ring (bicyclic) bond motifs is 1. The van der Waals surface area contributed by atoms with Gasteiger partial charge in [0.2, 0.25) is 5.60 Å². The van der Waals surface area contributed by atoms with Crippen LogP contribution in [0.5, 0.6) is 0 Å². The lowest BCUT2D eigenvalue weighted by Gasteiger charge is -2.49. The molecule has 3 heterocycles. The number of hydrogen-bond donors (Lipinski definition) is 3. The minimum Gasteiger partial charge on any atom is -0.477 e. The van der Waals surface area contributed by atoms with Gasteiger partial charge in [-0.3, -0.25) is 19.3 Å². The molecule has 2 aliphatic heterocycles. The van der Waals surface area contributed by atoms with E-state index in [0.29, 0.717) is 0 Å². The number of nitrogens with one attached hydrogen (secondary N) is 1. The number of carboxylic acid groups (broad SMARTS) is 1. The van der Waals surface area contributed by atoms with Crippen LogP contribution in [0.25, 0.3) is 0 Å². The zero-order valence-electron chi connectivity index (χ0n) is 22.1. The van der Waals surface area contributed by atoms with Crippen molar-refractivity contribution in [2.45, 2.75) is 64.2 Å². The lowest BCUT2D eigenvalue weighted by Crippen LogP contribution is -2.71. The van der Waals surface area contributed by atoms with Crippen molar-refractivity contribution in [2.75, 3.05) is 18.1 Å². The molecule has 0 radical (unpaired) electrons. The third-order valence-electron chi connectivity index (χ3n) is 5.22. The van der Waals surface area contributed by atoms with Gasteiger partial charge < -0.3 is 34.9 Å². The molecule has 1 aromatic rings. The number of carboxylic acids is 1. The van der Waals surface area contributed by atoms with E-state index < -0.39 is 58.1 Å². The van der Waals surface area contributed by atoms with E-state index in [0.717, 1.165) is 11.2 Å². The van der Waals surface area contributed by atoms with Crippen molar-refractivity contribution < 1.29 is 47.8 Å². The number of carbonyl (C=O) groups is 5. The number of aromatic nitrogens is 1. The lowest BCUT2D eigenvalue weighted by molar-refractivity contribution is -0.179. The van der Waals surface area contributed by atoms with Crippen LogP contribution < -0.4 is 11.1 Å². The standard InChI is InChI=1S/C23H29N5O10S/c1-10(29)35-7-11-9-39-18-14(17(31)28(18)15(11)19(32)33)26-16(30)13(12-8-36-21(24)25-12)27-38-23(5,6)20(34)37-22(2,3)4/h8,14,18H,7,9H2,1-6H3,(H2,24,25)(H,26,30)(H,32,33)/b27-13-/t14-,18-/m1/s1. The number of amides is 2. The van der Waals surface area contributed by atoms with Crippen molar-refractivity contribution in [1.82, 2.24) is 15.2 Å². The number of hydrogen-bond acceptors (Lipinski definition) is 13. The quantitative estimate of drug-likeness (QED) is 0.160. The fourth-order valence-electron chi connectivity index (χ4n) is 3.39. The Bertz CT molecular complexity index is 1260. The summed E-state index contributed by atoms with van der Waals surface area (Å²) in [7, 11) is 0. The molecule has 2 amide bonds. The minimum absolute atomic E-state index is 0.139. The van der Waals surface area contributed by atoms with Gasteiger partial charge in [-0.2, -0.15) is 4.98 Å². The SMILES string of the molecule is CC(=O)OCC1=C(C(=O)O)N2C(=O)[C@@H](NC(=O)/C(=N\OC(C)(C)C(=O)OC(C)(C)C)c3coc(N)n3)[C@H]2SC1. The van der Waals surface area contributed by atoms with Gasteiger partial charge in [0.25, 0.3) is 17.8 Å². The number of β-lactam (4-membered cyclic amide) rings is 1. The van der Waals surface area contributed by atoms with Gasteiger partial charge in [0.1, 0.15) is 41.3 Å². The van der Waals surface area contributed by atoms with Gasteiger partial charge in [0, 0.05) is 18.2 Å². The summed E-state index contributed by atoms with van der Waals surface area (Å²) in [6.07, 6.45) is 1.04. The Morgan fingerprint density at radius 1 is 1.28 bits per heavy atom. The molecule has 0 spiro atoms. The van der Waals surface area contributed by atoms with E-state index in [4.69, 9.17) is 24.5 Å². The maximum Gasteiger partial charge on any atom is 0.353 e. The molecule has 2 atom stereocenters. The largest absolute Gasteiger partial charge is 0.477 e. The second-order valence-electron chi connectivity index (χ2n) is 10.0. The summed E-state index contributed by atoms with van der Waals surface area (Å²) in [5.74, 6) is -4.21. The molecule has 0 bridgehead atoms. The number of nitrogen functional groups attached to an aromatic ring is 1. The third kappa shape index (κ3) is 6.68. The topological polar surface area (TPSA) is 213 Å². The number of rotatable bonds is 9. The number of aliphatic carboxylic acids is 1. The van der Waals surface area contributed by atoms with Crippen molar-refractivity contribution in [3.05, 3.63) is 23.2 Å². The molecule has 0 saturated carbocycles. The number of esters is 2. The van der Waals surface area contributed by atoms with Crippen molar-refractivity contribution in [3.8, 4) is 0 Å². The Labute approximate surface area is 227 Å². The Balaban J connectivity index is 1.82. The Hall–Kier alpha value is -4.08. The second-order valence-corrected chi connectivity index (χ2v) is 11.1. The molecule has 0 aliphatic carbocycles. The van der Waals surface area contributed by atoms with Gasteiger partial charge in [0.05, 0.1) is 0 Å². The van der Waals surface area contributed by atoms with Crippen molar-refractivity contribution in [3.63, 3.8) is 0 Å². The van der Waals surface area contributed by atoms with Crippen molar-refractivity contribution >= 4 is 53.2 Å². The molecule has 0 unspecified atom stereocenters. The van der Waals surface area contributed by atoms with E-state index in [9.17, 15) is 29.1 Å². The van der Waals surface area contributed by atoms with Gasteiger partial charge in [0.15, 0.2) is 5.71 Å². The van der Waals surface area contributed by atoms with Crippen LogP contribution in [0.3, 0.4) is 0 Å². The molecule has 3 rings (SSSR count). The first kappa shape index (κ1) is 29.5. The van der Waals surface area contributed by atoms with Crippen LogP contribution >= 0.6 is 11.8 Å². The first-order chi connectivity index (χ1) is 18.0. The minimum atomic E-state index is -1.62. The van der Waals surface area contributed by atoms with E-state index in [2.05, 4.69) is 15.5 Å². The number of oxime groups is 1. The molecule has 4 N–H and O–H groups in total. The molecular formula is C23H29N5O10S. The molecule has 15 nitrogen and oxygen atoms in total. The average Bonchev–Trinajstić information content (AvgIpc) is 3.24. The highest BCUT2D eigenvalue weighted by atomic mass is 32.2. The Morgan fingerprint density at radius 2 is 1.95 bits per heavy atom. The predicted octanol–water partition coefficient (Wildman–Crippen LogP) is 0.400. The van der Waals surface area contributed by atoms with Gasteiger partial charge in [-0.25, -0.2) is 9.59 Å². The summed E-state index contributed by atoms with van der Waals surface area (Å²) < 4.78 is 15.2. The highest BCUT2D eigenvalue weighted by molar-refractivity contribution is 8.00. The number of nitrogens with zero attached hydrogens (tertiary/aromatic N) is 3. The molecule has 16 heteroatoms. The number of ether oxygens (including phenoxy) is 2. The van der Waals surface area contributed by atoms with Gasteiger partial charge in [-0.1, -0.05) is 5.16 Å². The number of oxazole rings is 1. The van der Waals surface area contributed by atoms with E-state index in [-0.39, 0.29) is 35.3 Å². The van der Waals surface area contributed by atoms with Crippen LogP contribution in [-0.4, -0.2) is 85.4 Å². The van der Waals surface area contributed by atoms with Crippen molar-refractivity contribution in [2.24, 2.45) is 5.16 Å². The van der Waals surface area contributed by atoms with Crippen LogP contribution in [-0.2, 0) is 38.3 Å². The van der Waals surface area contributed by atoms with E-state index in [1.54, 1.807) is 20.8 Å². The highest BCUT2D eigenvalue weighted by Gasteiger charge is 2.54. The summed E-state index contributed by atoms with van der Waals surface area (Å²) in [4.78, 5) is 72.0. The van der Waals surface area contributed by atoms with Crippen LogP contribution in [0.15, 0.2) is 27.1 Å². The number of carbonyl (C=O) groups excluding carboxylic acids is 4. The molecule has 2 aliphatic rings. The van der Waals surface area contributed by atoms with Gasteiger partial charge in [-0.15, -0.1) is 11.8 Å². The third-order valence-corrected chi connectivity index (χ3v) is 6.56. The molecule has 39 heavy (non-hydrogen) atoms. The fraction of sp³-hybridized carbons (Fsp3) is 0.522. The van der Waals surface area contributed by atoms with E-state index >= 15 is 0 Å². The lowest BCUT2D eigenvalue weighted by atomic mass is 10.0. The first-order valence-electron chi connectivity index (χ1n) is 11.6. The maximum atomic E-state index is 13.2. The Kier molecular flexibility index (Phi) is 8.28. The molecule has 1 fully saturated rings. The number of thioether (sulfide) groups is 1. The Morgan fingerprint density at radius 3 is 2.49 bits per heavy atom. The van der Waals surface area contributed by atoms with E-state index in [1.165, 1.54) is 32.5 Å². The monoisotopic (exact) mass is 567 g/mol. The van der Waals surface area contributed by atoms with Crippen molar-refractivity contribution in [1.29, 1.82) is 0 Å². The fourth-order valence-corrected chi connectivity index (χ4v) is 4.72. The smallest absolute Gasteiger partial charge is 0.353 e. The molecule has 212 valence electrons. The summed E-state index contributed by atoms with van der Waals surface area (Å²) >= 11 is 1.18. The van der Waals surface area contributed by atoms with Crippen LogP contribution in [0, 0.1) is 0 Å². The predicted molar refractivity (Wildman–Crippen MR) is 135 cm³/mol. The van der Waals surface area contributed by atoms with Gasteiger partial charge in [-0.05, 0) is 34.6 Å². The van der Waals surface area contributed by atoms with Crippen LogP contribution in [0.2, 0.25) is 0 Å². The second kappa shape index (κ2) is 11.0. The summed E-state index contributed by atoms with van der Waals surface area (Å²) in [6, 6.07) is -1.40. The summed E-state index contributed by atoms with van der Waals surface area (Å²) in [6.45, 7) is 8.69. The summed E-state index contributed by atoms with van der Waals surface area (Å²) in [5.41, 5.74) is 2.45.